The van der Waals surface area contributed by atoms with Crippen LogP contribution in [0.15, 0.2) is 32.1 Å². The van der Waals surface area contributed by atoms with Crippen LogP contribution in [0.25, 0.3) is 11.2 Å². The Morgan fingerprint density at radius 1 is 1.23 bits per heavy atom. The average Bonchev–Trinajstić information content (AvgIpc) is 3.62. The van der Waals surface area contributed by atoms with Gasteiger partial charge in [-0.1, -0.05) is 25.8 Å². The summed E-state index contributed by atoms with van der Waals surface area (Å²) in [4.78, 5) is 45.5. The van der Waals surface area contributed by atoms with Crippen molar-refractivity contribution in [2.75, 3.05) is 6.61 Å². The molecule has 14 heteroatoms. The van der Waals surface area contributed by atoms with E-state index in [-0.39, 0.29) is 36.2 Å². The van der Waals surface area contributed by atoms with Gasteiger partial charge in [-0.15, -0.1) is 6.42 Å². The Hall–Kier alpha value is -5.00. The molecule has 2 N–H and O–H groups in total. The number of carbonyl (C=O) groups excluding carboxylic acids is 2. The van der Waals surface area contributed by atoms with E-state index in [0.29, 0.717) is 28.5 Å². The van der Waals surface area contributed by atoms with Crippen molar-refractivity contribution in [2.24, 2.45) is 0 Å². The van der Waals surface area contributed by atoms with Crippen LogP contribution in [-0.2, 0) is 31.0 Å². The van der Waals surface area contributed by atoms with Crippen molar-refractivity contribution in [2.45, 2.75) is 91.2 Å². The van der Waals surface area contributed by atoms with E-state index >= 15 is 0 Å². The molecule has 47 heavy (non-hydrogen) atoms. The maximum absolute atomic E-state index is 13.2. The summed E-state index contributed by atoms with van der Waals surface area (Å²) in [5.41, 5.74) is 0.588. The van der Waals surface area contributed by atoms with E-state index in [4.69, 9.17) is 34.9 Å². The smallest absolute Gasteiger partial charge is 0.461 e. The number of aryl methyl sites for hydroxylation is 4. The molecule has 1 aliphatic rings. The number of esters is 2. The van der Waals surface area contributed by atoms with Crippen molar-refractivity contribution in [3.05, 3.63) is 68.6 Å². The number of carbonyl (C=O) groups is 2. The number of nitrogens with one attached hydrogen (secondary N) is 1. The van der Waals surface area contributed by atoms with E-state index in [2.05, 4.69) is 15.9 Å². The SMILES string of the molecule is C#C[C@]1(COC(=O)CC(C)(C)c2c(C)cc(C)cc2OC(C)=O)O[C@@H](n2cnc3c(=N)n(Cc4oc(=O)oc4C)c(C)nc32)C[C@@H]1O. The van der Waals surface area contributed by atoms with Gasteiger partial charge in [0, 0.05) is 24.3 Å². The molecule has 5 rings (SSSR count). The third-order valence-corrected chi connectivity index (χ3v) is 8.33. The number of fused-ring (bicyclic) bond motifs is 1. The van der Waals surface area contributed by atoms with Crippen molar-refractivity contribution < 1.29 is 37.7 Å². The molecular weight excluding hydrogens is 610 g/mol. The van der Waals surface area contributed by atoms with Gasteiger partial charge >= 0.3 is 17.8 Å². The number of ether oxygens (including phenoxy) is 3. The Morgan fingerprint density at radius 3 is 2.60 bits per heavy atom. The summed E-state index contributed by atoms with van der Waals surface area (Å²) in [6, 6.07) is 3.70. The lowest BCUT2D eigenvalue weighted by Gasteiger charge is -2.30. The number of hydrogen-bond donors (Lipinski definition) is 2. The molecule has 0 radical (unpaired) electrons. The lowest BCUT2D eigenvalue weighted by atomic mass is 9.78. The van der Waals surface area contributed by atoms with Crippen molar-refractivity contribution >= 4 is 23.1 Å². The number of hydrogen-bond acceptors (Lipinski definition) is 12. The molecule has 0 spiro atoms. The highest BCUT2D eigenvalue weighted by atomic mass is 16.6. The van der Waals surface area contributed by atoms with Gasteiger partial charge in [0.1, 0.15) is 41.8 Å². The van der Waals surface area contributed by atoms with Crippen molar-refractivity contribution in [1.82, 2.24) is 19.1 Å². The molecule has 0 aliphatic carbocycles. The summed E-state index contributed by atoms with van der Waals surface area (Å²) in [6.07, 6.45) is 5.22. The normalized spacial score (nSPS) is 19.6. The minimum absolute atomic E-state index is 0.00785. The Morgan fingerprint density at radius 2 is 1.96 bits per heavy atom. The minimum Gasteiger partial charge on any atom is -0.461 e. The third kappa shape index (κ3) is 6.36. The fraction of sp³-hybridized carbons (Fsp3) is 0.455. The minimum atomic E-state index is -1.66. The van der Waals surface area contributed by atoms with Crippen LogP contribution in [0.2, 0.25) is 0 Å². The number of benzene rings is 1. The van der Waals surface area contributed by atoms with Gasteiger partial charge in [0.15, 0.2) is 22.5 Å². The van der Waals surface area contributed by atoms with Crippen LogP contribution in [0.5, 0.6) is 5.75 Å². The van der Waals surface area contributed by atoms with E-state index in [0.717, 1.165) is 11.1 Å². The molecule has 1 fully saturated rings. The molecular formula is C33H37N5O9. The van der Waals surface area contributed by atoms with Gasteiger partial charge in [0.05, 0.1) is 19.3 Å². The Kier molecular flexibility index (Phi) is 8.74. The highest BCUT2D eigenvalue weighted by molar-refractivity contribution is 5.74. The Bertz CT molecular complexity index is 2040. The van der Waals surface area contributed by atoms with Gasteiger partial charge in [-0.3, -0.25) is 19.6 Å². The molecule has 0 unspecified atom stereocenters. The molecule has 3 atom stereocenters. The maximum Gasteiger partial charge on any atom is 0.519 e. The molecule has 14 nitrogen and oxygen atoms in total. The predicted molar refractivity (Wildman–Crippen MR) is 165 cm³/mol. The summed E-state index contributed by atoms with van der Waals surface area (Å²) in [6.45, 7) is 11.7. The number of nitrogens with zero attached hydrogens (tertiary/aromatic N) is 4. The number of terminal acetylenes is 1. The summed E-state index contributed by atoms with van der Waals surface area (Å²) in [5, 5.41) is 19.8. The quantitative estimate of drug-likeness (QED) is 0.155. The molecule has 0 saturated carbocycles. The van der Waals surface area contributed by atoms with Crippen LogP contribution in [0.4, 0.5) is 0 Å². The van der Waals surface area contributed by atoms with Gasteiger partial charge in [-0.25, -0.2) is 14.8 Å². The Balaban J connectivity index is 1.33. The zero-order chi connectivity index (χ0) is 34.4. The number of aliphatic hydroxyl groups is 1. The molecule has 4 heterocycles. The van der Waals surface area contributed by atoms with Crippen LogP contribution in [0.1, 0.15) is 73.9 Å². The number of imidazole rings is 1. The molecule has 4 aromatic rings. The molecule has 0 bridgehead atoms. The molecule has 3 aromatic heterocycles. The van der Waals surface area contributed by atoms with Crippen LogP contribution < -0.4 is 16.0 Å². The van der Waals surface area contributed by atoms with Crippen molar-refractivity contribution in [3.8, 4) is 18.1 Å². The van der Waals surface area contributed by atoms with Crippen LogP contribution in [0.3, 0.4) is 0 Å². The summed E-state index contributed by atoms with van der Waals surface area (Å²) >= 11 is 0. The average molecular weight is 648 g/mol. The molecule has 0 amide bonds. The van der Waals surface area contributed by atoms with Crippen LogP contribution in [0, 0.1) is 45.4 Å². The monoisotopic (exact) mass is 647 g/mol. The second-order valence-corrected chi connectivity index (χ2v) is 12.5. The highest BCUT2D eigenvalue weighted by Gasteiger charge is 2.49. The fourth-order valence-electron chi connectivity index (χ4n) is 6.14. The Labute approximate surface area is 269 Å². The van der Waals surface area contributed by atoms with Gasteiger partial charge < -0.3 is 32.7 Å². The standard InChI is InChI=1S/C33H37N5O9/c1-9-33(15-43-26(41)13-32(7,8)27-18(3)10-17(2)11-22(27)45-21(6)39)24(40)12-25(47-33)38-16-35-28-29(34)37(20(5)36-30(28)38)14-23-19(4)44-31(42)46-23/h1,10-11,16,24-25,34,40H,12-15H2,2-8H3/t24-,25+,33+/m0/s1. The van der Waals surface area contributed by atoms with Crippen molar-refractivity contribution in [1.29, 1.82) is 5.41 Å². The first kappa shape index (κ1) is 33.4. The first-order valence-electron chi connectivity index (χ1n) is 14.9. The predicted octanol–water partition coefficient (Wildman–Crippen LogP) is 3.03. The van der Waals surface area contributed by atoms with E-state index in [1.807, 2.05) is 33.8 Å². The summed E-state index contributed by atoms with van der Waals surface area (Å²) in [7, 11) is 0. The van der Waals surface area contributed by atoms with E-state index in [1.165, 1.54) is 17.8 Å². The second kappa shape index (κ2) is 12.3. The lowest BCUT2D eigenvalue weighted by Crippen LogP contribution is -2.43. The number of aromatic nitrogens is 4. The van der Waals surface area contributed by atoms with E-state index in [9.17, 15) is 19.5 Å². The zero-order valence-corrected chi connectivity index (χ0v) is 27.3. The summed E-state index contributed by atoms with van der Waals surface area (Å²) < 4.78 is 30.4. The fourth-order valence-corrected chi connectivity index (χ4v) is 6.14. The van der Waals surface area contributed by atoms with Gasteiger partial charge in [0.2, 0.25) is 0 Å². The van der Waals surface area contributed by atoms with Gasteiger partial charge in [0.25, 0.3) is 0 Å². The third-order valence-electron chi connectivity index (χ3n) is 8.33. The number of rotatable bonds is 9. The zero-order valence-electron chi connectivity index (χ0n) is 27.3. The molecule has 1 aliphatic heterocycles. The summed E-state index contributed by atoms with van der Waals surface area (Å²) in [5.74, 6) is 1.95. The van der Waals surface area contributed by atoms with E-state index in [1.54, 1.807) is 24.5 Å². The van der Waals surface area contributed by atoms with Crippen LogP contribution >= 0.6 is 0 Å². The van der Waals surface area contributed by atoms with Gasteiger partial charge in [-0.05, 0) is 44.9 Å². The topological polar surface area (TPSA) is 185 Å². The molecule has 248 valence electrons. The highest BCUT2D eigenvalue weighted by Crippen LogP contribution is 2.40. The van der Waals surface area contributed by atoms with E-state index < -0.39 is 47.7 Å². The molecule has 1 saturated heterocycles. The molecule has 1 aromatic carbocycles. The lowest BCUT2D eigenvalue weighted by molar-refractivity contribution is -0.157. The van der Waals surface area contributed by atoms with Crippen LogP contribution in [-0.4, -0.2) is 54.5 Å². The van der Waals surface area contributed by atoms with Gasteiger partial charge in [-0.2, -0.15) is 0 Å². The first-order valence-corrected chi connectivity index (χ1v) is 14.9. The largest absolute Gasteiger partial charge is 0.519 e. The second-order valence-electron chi connectivity index (χ2n) is 12.5. The number of aliphatic hydroxyl groups excluding tert-OH is 1. The van der Waals surface area contributed by atoms with Crippen molar-refractivity contribution in [3.63, 3.8) is 0 Å². The maximum atomic E-state index is 13.2. The first-order chi connectivity index (χ1) is 22.0.